The maximum absolute atomic E-state index is 13.4. The summed E-state index contributed by atoms with van der Waals surface area (Å²) in [6, 6.07) is 10.8. The fourth-order valence-corrected chi connectivity index (χ4v) is 2.56. The minimum atomic E-state index is -0.583. The van der Waals surface area contributed by atoms with E-state index >= 15 is 0 Å². The van der Waals surface area contributed by atoms with Crippen molar-refractivity contribution in [3.05, 3.63) is 63.5 Å². The Morgan fingerprint density at radius 2 is 2.10 bits per heavy atom. The van der Waals surface area contributed by atoms with Gasteiger partial charge in [0.05, 0.1) is 4.92 Å². The van der Waals surface area contributed by atoms with Gasteiger partial charge >= 0.3 is 0 Å². The van der Waals surface area contributed by atoms with Crippen molar-refractivity contribution in [2.45, 2.75) is 6.42 Å². The highest BCUT2D eigenvalue weighted by atomic mass is 19.1. The van der Waals surface area contributed by atoms with Crippen molar-refractivity contribution in [3.8, 4) is 6.07 Å². The SMILES string of the molecule is N#Cc1cc(N2CCc3ccc(F)cc32)ccc1[N+](=O)[O-]. The number of anilines is 2. The fourth-order valence-electron chi connectivity index (χ4n) is 2.56. The average molecular weight is 283 g/mol. The molecule has 1 heterocycles. The molecule has 104 valence electrons. The van der Waals surface area contributed by atoms with Crippen LogP contribution in [0.4, 0.5) is 21.5 Å². The number of fused-ring (bicyclic) bond motifs is 1. The molecule has 0 aromatic heterocycles. The summed E-state index contributed by atoms with van der Waals surface area (Å²) in [7, 11) is 0. The molecule has 5 nitrogen and oxygen atoms in total. The molecular formula is C15H10FN3O2. The zero-order chi connectivity index (χ0) is 15.0. The van der Waals surface area contributed by atoms with E-state index < -0.39 is 4.92 Å². The van der Waals surface area contributed by atoms with Gasteiger partial charge in [0.1, 0.15) is 17.4 Å². The van der Waals surface area contributed by atoms with E-state index in [0.717, 1.165) is 17.7 Å². The van der Waals surface area contributed by atoms with E-state index in [1.807, 2.05) is 11.0 Å². The molecule has 2 aromatic rings. The van der Waals surface area contributed by atoms with E-state index in [4.69, 9.17) is 5.26 Å². The lowest BCUT2D eigenvalue weighted by Gasteiger charge is -2.19. The van der Waals surface area contributed by atoms with Gasteiger partial charge in [0, 0.05) is 24.0 Å². The highest BCUT2D eigenvalue weighted by Gasteiger charge is 2.23. The average Bonchev–Trinajstić information content (AvgIpc) is 2.89. The van der Waals surface area contributed by atoms with Crippen LogP contribution in [0.2, 0.25) is 0 Å². The van der Waals surface area contributed by atoms with Crippen molar-refractivity contribution in [2.75, 3.05) is 11.4 Å². The van der Waals surface area contributed by atoms with Gasteiger partial charge in [-0.05, 0) is 36.2 Å². The highest BCUT2D eigenvalue weighted by Crippen LogP contribution is 2.36. The monoisotopic (exact) mass is 283 g/mol. The van der Waals surface area contributed by atoms with E-state index in [-0.39, 0.29) is 17.1 Å². The molecule has 1 aliphatic heterocycles. The molecule has 0 saturated carbocycles. The number of hydrogen-bond acceptors (Lipinski definition) is 4. The molecule has 0 unspecified atom stereocenters. The second-order valence-corrected chi connectivity index (χ2v) is 4.75. The van der Waals surface area contributed by atoms with Crippen LogP contribution >= 0.6 is 0 Å². The molecule has 0 N–H and O–H groups in total. The first-order valence-corrected chi connectivity index (χ1v) is 6.34. The number of rotatable bonds is 2. The first-order valence-electron chi connectivity index (χ1n) is 6.34. The third-order valence-corrected chi connectivity index (χ3v) is 3.55. The Bertz CT molecular complexity index is 783. The van der Waals surface area contributed by atoms with E-state index in [1.165, 1.54) is 24.3 Å². The van der Waals surface area contributed by atoms with Gasteiger partial charge in [0.15, 0.2) is 0 Å². The fraction of sp³-hybridized carbons (Fsp3) is 0.133. The molecule has 2 aromatic carbocycles. The molecule has 0 aliphatic carbocycles. The van der Waals surface area contributed by atoms with Gasteiger partial charge in [-0.25, -0.2) is 4.39 Å². The molecule has 0 atom stereocenters. The van der Waals surface area contributed by atoms with E-state index in [9.17, 15) is 14.5 Å². The van der Waals surface area contributed by atoms with Crippen molar-refractivity contribution < 1.29 is 9.31 Å². The predicted molar refractivity (Wildman–Crippen MR) is 74.9 cm³/mol. The third kappa shape index (κ3) is 2.19. The summed E-state index contributed by atoms with van der Waals surface area (Å²) in [6.45, 7) is 0.654. The molecule has 0 bridgehead atoms. The number of nitro benzene ring substituents is 1. The molecule has 0 spiro atoms. The number of nitriles is 1. The first kappa shape index (κ1) is 13.1. The predicted octanol–water partition coefficient (Wildman–Crippen LogP) is 3.30. The summed E-state index contributed by atoms with van der Waals surface area (Å²) in [5, 5.41) is 19.9. The smallest absolute Gasteiger partial charge is 0.287 e. The van der Waals surface area contributed by atoms with Crippen LogP contribution in [0.5, 0.6) is 0 Å². The van der Waals surface area contributed by atoms with Gasteiger partial charge in [-0.15, -0.1) is 0 Å². The van der Waals surface area contributed by atoms with Gasteiger partial charge in [0.25, 0.3) is 5.69 Å². The summed E-state index contributed by atoms with van der Waals surface area (Å²) in [6.07, 6.45) is 0.772. The molecule has 3 rings (SSSR count). The third-order valence-electron chi connectivity index (χ3n) is 3.55. The highest BCUT2D eigenvalue weighted by molar-refractivity contribution is 5.72. The quantitative estimate of drug-likeness (QED) is 0.626. The van der Waals surface area contributed by atoms with E-state index in [1.54, 1.807) is 12.1 Å². The Morgan fingerprint density at radius 3 is 2.81 bits per heavy atom. The van der Waals surface area contributed by atoms with Crippen molar-refractivity contribution in [1.29, 1.82) is 5.26 Å². The molecule has 0 radical (unpaired) electrons. The molecule has 1 aliphatic rings. The van der Waals surface area contributed by atoms with Crippen LogP contribution in [0.3, 0.4) is 0 Å². The topological polar surface area (TPSA) is 70.2 Å². The lowest BCUT2D eigenvalue weighted by molar-refractivity contribution is -0.385. The number of nitrogens with zero attached hydrogens (tertiary/aromatic N) is 3. The largest absolute Gasteiger partial charge is 0.341 e. The number of benzene rings is 2. The summed E-state index contributed by atoms with van der Waals surface area (Å²) >= 11 is 0. The van der Waals surface area contributed by atoms with Gasteiger partial charge in [-0.1, -0.05) is 6.07 Å². The van der Waals surface area contributed by atoms with Crippen LogP contribution in [-0.2, 0) is 6.42 Å². The Balaban J connectivity index is 2.06. The lowest BCUT2D eigenvalue weighted by atomic mass is 10.1. The Morgan fingerprint density at radius 1 is 1.29 bits per heavy atom. The summed E-state index contributed by atoms with van der Waals surface area (Å²) in [5.41, 5.74) is 2.20. The summed E-state index contributed by atoms with van der Waals surface area (Å²) in [4.78, 5) is 12.1. The zero-order valence-electron chi connectivity index (χ0n) is 10.9. The van der Waals surface area contributed by atoms with Gasteiger partial charge in [-0.3, -0.25) is 10.1 Å². The van der Waals surface area contributed by atoms with Gasteiger partial charge in [-0.2, -0.15) is 5.26 Å². The van der Waals surface area contributed by atoms with Crippen molar-refractivity contribution in [2.24, 2.45) is 0 Å². The molecule has 0 fully saturated rings. The van der Waals surface area contributed by atoms with Gasteiger partial charge in [0.2, 0.25) is 0 Å². The standard InChI is InChI=1S/C15H10FN3O2/c16-12-2-1-10-5-6-18(15(10)8-12)13-3-4-14(19(20)21)11(7-13)9-17/h1-4,7-8H,5-6H2. The van der Waals surface area contributed by atoms with Crippen LogP contribution in [0.1, 0.15) is 11.1 Å². The number of nitro groups is 1. The molecule has 0 saturated heterocycles. The lowest BCUT2D eigenvalue weighted by Crippen LogP contribution is -2.13. The molecular weight excluding hydrogens is 273 g/mol. The van der Waals surface area contributed by atoms with Crippen molar-refractivity contribution >= 4 is 17.1 Å². The van der Waals surface area contributed by atoms with Crippen LogP contribution in [0, 0.1) is 27.3 Å². The Labute approximate surface area is 120 Å². The van der Waals surface area contributed by atoms with Crippen LogP contribution in [0.15, 0.2) is 36.4 Å². The normalized spacial score (nSPS) is 12.9. The maximum atomic E-state index is 13.4. The maximum Gasteiger partial charge on any atom is 0.287 e. The number of hydrogen-bond donors (Lipinski definition) is 0. The van der Waals surface area contributed by atoms with Crippen LogP contribution in [-0.4, -0.2) is 11.5 Å². The minimum absolute atomic E-state index is 0.00218. The first-order chi connectivity index (χ1) is 10.1. The molecule has 6 heteroatoms. The van der Waals surface area contributed by atoms with Crippen LogP contribution < -0.4 is 4.90 Å². The minimum Gasteiger partial charge on any atom is -0.341 e. The molecule has 21 heavy (non-hydrogen) atoms. The summed E-state index contributed by atoms with van der Waals surface area (Å²) < 4.78 is 13.4. The number of halogens is 1. The summed E-state index contributed by atoms with van der Waals surface area (Å²) in [5.74, 6) is -0.330. The van der Waals surface area contributed by atoms with Crippen molar-refractivity contribution in [3.63, 3.8) is 0 Å². The van der Waals surface area contributed by atoms with Gasteiger partial charge < -0.3 is 4.90 Å². The Hall–Kier alpha value is -2.94. The van der Waals surface area contributed by atoms with E-state index in [2.05, 4.69) is 0 Å². The zero-order valence-corrected chi connectivity index (χ0v) is 10.9. The van der Waals surface area contributed by atoms with Crippen LogP contribution in [0.25, 0.3) is 0 Å². The van der Waals surface area contributed by atoms with E-state index in [0.29, 0.717) is 12.2 Å². The second-order valence-electron chi connectivity index (χ2n) is 4.75. The Kier molecular flexibility index (Phi) is 3.03. The van der Waals surface area contributed by atoms with Crippen molar-refractivity contribution in [1.82, 2.24) is 0 Å². The molecule has 0 amide bonds. The second kappa shape index (κ2) is 4.87.